The summed E-state index contributed by atoms with van der Waals surface area (Å²) >= 11 is 6.57. The molecule has 0 fully saturated rings. The summed E-state index contributed by atoms with van der Waals surface area (Å²) in [6.07, 6.45) is 5.39. The number of hydrogen-bond acceptors (Lipinski definition) is 12. The molecule has 200 valence electrons. The van der Waals surface area contributed by atoms with E-state index in [0.717, 1.165) is 38.0 Å². The first-order chi connectivity index (χ1) is 19.5. The molecule has 0 amide bonds. The van der Waals surface area contributed by atoms with Crippen LogP contribution in [-0.4, -0.2) is 39.9 Å². The molecule has 0 unspecified atom stereocenters. The average molecular weight is 601 g/mol. The quantitative estimate of drug-likeness (QED) is 0.172. The molecule has 0 spiro atoms. The van der Waals surface area contributed by atoms with Crippen LogP contribution in [-0.2, 0) is 0 Å². The van der Waals surface area contributed by atoms with E-state index in [1.165, 1.54) is 25.2 Å². The highest BCUT2D eigenvalue weighted by Gasteiger charge is 1.99. The van der Waals surface area contributed by atoms with Crippen LogP contribution in [0.15, 0.2) is 71.5 Å². The second-order valence-electron chi connectivity index (χ2n) is 8.50. The van der Waals surface area contributed by atoms with E-state index in [0.29, 0.717) is 0 Å². The zero-order valence-electron chi connectivity index (χ0n) is 22.1. The normalized spacial score (nSPS) is 10.5. The van der Waals surface area contributed by atoms with Gasteiger partial charge in [0.05, 0.1) is 40.3 Å². The molecule has 0 saturated carbocycles. The standard InChI is InChI=1S/4C7H6N2S/c1-5-2-6-7(8-3-5)9-4-10-6;1-5-2-3-8-7-6(5)10-4-9-7;1-5-2-3-6-7(9-5)8-4-10-6;1-5-9-7-6(10-5)3-2-4-8-7/h4*2-4H,1H3. The third kappa shape index (κ3) is 7.02. The van der Waals surface area contributed by atoms with Crippen molar-refractivity contribution in [1.29, 1.82) is 0 Å². The molecule has 40 heavy (non-hydrogen) atoms. The van der Waals surface area contributed by atoms with Gasteiger partial charge in [-0.15, -0.1) is 45.3 Å². The van der Waals surface area contributed by atoms with Crippen molar-refractivity contribution in [2.45, 2.75) is 27.7 Å². The van der Waals surface area contributed by atoms with Gasteiger partial charge < -0.3 is 0 Å². The average Bonchev–Trinajstić information content (AvgIpc) is 3.75. The Morgan fingerprint density at radius 1 is 0.575 bits per heavy atom. The summed E-state index contributed by atoms with van der Waals surface area (Å²) in [6, 6.07) is 12.1. The number of rotatable bonds is 0. The van der Waals surface area contributed by atoms with Gasteiger partial charge in [0.1, 0.15) is 0 Å². The molecule has 0 aliphatic carbocycles. The molecule has 8 heterocycles. The predicted octanol–water partition coefficient (Wildman–Crippen LogP) is 8.00. The zero-order valence-corrected chi connectivity index (χ0v) is 25.4. The number of thiazole rings is 4. The number of aryl methyl sites for hydroxylation is 4. The highest BCUT2D eigenvalue weighted by molar-refractivity contribution is 7.18. The Bertz CT molecular complexity index is 1880. The highest BCUT2D eigenvalue weighted by atomic mass is 32.1. The van der Waals surface area contributed by atoms with E-state index in [1.54, 1.807) is 57.7 Å². The Hall–Kier alpha value is -3.84. The van der Waals surface area contributed by atoms with Crippen molar-refractivity contribution in [2.75, 3.05) is 0 Å². The van der Waals surface area contributed by atoms with E-state index in [-0.39, 0.29) is 0 Å². The van der Waals surface area contributed by atoms with E-state index >= 15 is 0 Å². The molecule has 8 aromatic heterocycles. The van der Waals surface area contributed by atoms with Crippen molar-refractivity contribution < 1.29 is 0 Å². The summed E-state index contributed by atoms with van der Waals surface area (Å²) in [7, 11) is 0. The van der Waals surface area contributed by atoms with Crippen LogP contribution < -0.4 is 0 Å². The molecule has 0 N–H and O–H groups in total. The fourth-order valence-electron chi connectivity index (χ4n) is 3.47. The Morgan fingerprint density at radius 3 is 2.12 bits per heavy atom. The van der Waals surface area contributed by atoms with Gasteiger partial charge in [-0.1, -0.05) is 0 Å². The summed E-state index contributed by atoms with van der Waals surface area (Å²) in [4.78, 5) is 33.0. The summed E-state index contributed by atoms with van der Waals surface area (Å²) in [5, 5.41) is 1.08. The minimum Gasteiger partial charge on any atom is -0.236 e. The van der Waals surface area contributed by atoms with E-state index in [4.69, 9.17) is 0 Å². The Morgan fingerprint density at radius 2 is 1.30 bits per heavy atom. The van der Waals surface area contributed by atoms with Gasteiger partial charge in [-0.2, -0.15) is 0 Å². The number of hydrogen-bond donors (Lipinski definition) is 0. The molecule has 8 nitrogen and oxygen atoms in total. The lowest BCUT2D eigenvalue weighted by atomic mass is 10.3. The van der Waals surface area contributed by atoms with Gasteiger partial charge in [-0.3, -0.25) is 0 Å². The van der Waals surface area contributed by atoms with E-state index in [9.17, 15) is 0 Å². The predicted molar refractivity (Wildman–Crippen MR) is 169 cm³/mol. The second-order valence-corrected chi connectivity index (χ2v) is 12.4. The number of fused-ring (bicyclic) bond motifs is 4. The van der Waals surface area contributed by atoms with Crippen LogP contribution in [0.25, 0.3) is 41.4 Å². The Labute approximate surface area is 246 Å². The van der Waals surface area contributed by atoms with E-state index in [1.807, 2.05) is 67.8 Å². The van der Waals surface area contributed by atoms with Gasteiger partial charge in [-0.05, 0) is 75.2 Å². The van der Waals surface area contributed by atoms with E-state index < -0.39 is 0 Å². The van der Waals surface area contributed by atoms with Gasteiger partial charge in [0.15, 0.2) is 22.6 Å². The Kier molecular flexibility index (Phi) is 9.01. The van der Waals surface area contributed by atoms with Crippen LogP contribution in [0.5, 0.6) is 0 Å². The van der Waals surface area contributed by atoms with Gasteiger partial charge in [0, 0.05) is 24.3 Å². The smallest absolute Gasteiger partial charge is 0.170 e. The zero-order chi connectivity index (χ0) is 27.9. The lowest BCUT2D eigenvalue weighted by molar-refractivity contribution is 1.22. The minimum atomic E-state index is 0.857. The monoisotopic (exact) mass is 600 g/mol. The lowest BCUT2D eigenvalue weighted by Crippen LogP contribution is -1.78. The number of nitrogens with zero attached hydrogens (tertiary/aromatic N) is 8. The molecule has 0 atom stereocenters. The largest absolute Gasteiger partial charge is 0.236 e. The van der Waals surface area contributed by atoms with Crippen LogP contribution in [0.4, 0.5) is 0 Å². The SMILES string of the molecule is Cc1ccc2scnc2n1.Cc1ccnc2ncsc12.Cc1cnc2ncsc2c1.Cc1nc2ncccc2s1. The molecule has 12 heteroatoms. The molecule has 8 rings (SSSR count). The highest BCUT2D eigenvalue weighted by Crippen LogP contribution is 2.19. The van der Waals surface area contributed by atoms with Crippen molar-refractivity contribution in [1.82, 2.24) is 39.9 Å². The summed E-state index contributed by atoms with van der Waals surface area (Å²) in [6.45, 7) is 8.07. The first kappa shape index (κ1) is 27.7. The fraction of sp³-hybridized carbons (Fsp3) is 0.143. The molecule has 0 bridgehead atoms. The van der Waals surface area contributed by atoms with E-state index in [2.05, 4.69) is 58.9 Å². The van der Waals surface area contributed by atoms with Crippen molar-refractivity contribution >= 4 is 86.7 Å². The van der Waals surface area contributed by atoms with Gasteiger partial charge in [0.2, 0.25) is 0 Å². The third-order valence-corrected chi connectivity index (χ3v) is 8.78. The maximum absolute atomic E-state index is 4.23. The molecular formula is C28H24N8S4. The lowest BCUT2D eigenvalue weighted by Gasteiger charge is -1.89. The maximum atomic E-state index is 4.23. The molecule has 0 aliphatic heterocycles. The van der Waals surface area contributed by atoms with Crippen molar-refractivity contribution in [3.05, 3.63) is 93.3 Å². The third-order valence-electron chi connectivity index (χ3n) is 5.36. The van der Waals surface area contributed by atoms with Crippen molar-refractivity contribution in [3.8, 4) is 0 Å². The minimum absolute atomic E-state index is 0.857. The molecule has 0 aliphatic rings. The van der Waals surface area contributed by atoms with Gasteiger partial charge in [-0.25, -0.2) is 39.9 Å². The van der Waals surface area contributed by atoms with Gasteiger partial charge in [0.25, 0.3) is 0 Å². The summed E-state index contributed by atoms with van der Waals surface area (Å²) in [5.74, 6) is 0. The number of aromatic nitrogens is 8. The molecule has 0 saturated heterocycles. The van der Waals surface area contributed by atoms with Crippen LogP contribution in [0.2, 0.25) is 0 Å². The van der Waals surface area contributed by atoms with Crippen LogP contribution in [0.1, 0.15) is 21.8 Å². The first-order valence-electron chi connectivity index (χ1n) is 12.1. The molecule has 0 radical (unpaired) electrons. The second kappa shape index (κ2) is 13.0. The fourth-order valence-corrected chi connectivity index (χ4v) is 6.33. The first-order valence-corrected chi connectivity index (χ1v) is 15.6. The van der Waals surface area contributed by atoms with Crippen LogP contribution >= 0.6 is 45.3 Å². The van der Waals surface area contributed by atoms with Gasteiger partial charge >= 0.3 is 0 Å². The molecule has 0 aromatic carbocycles. The van der Waals surface area contributed by atoms with Crippen molar-refractivity contribution in [2.24, 2.45) is 0 Å². The summed E-state index contributed by atoms with van der Waals surface area (Å²) in [5.41, 5.74) is 12.4. The maximum Gasteiger partial charge on any atom is 0.170 e. The van der Waals surface area contributed by atoms with Crippen LogP contribution in [0.3, 0.4) is 0 Å². The topological polar surface area (TPSA) is 103 Å². The van der Waals surface area contributed by atoms with Crippen molar-refractivity contribution in [3.63, 3.8) is 0 Å². The number of pyridine rings is 4. The summed E-state index contributed by atoms with van der Waals surface area (Å²) < 4.78 is 4.69. The Balaban J connectivity index is 0.000000108. The molecule has 8 aromatic rings. The van der Waals surface area contributed by atoms with Crippen LogP contribution in [0, 0.1) is 27.7 Å². The molecular weight excluding hydrogens is 577 g/mol.